The number of amides is 1. The lowest BCUT2D eigenvalue weighted by atomic mass is 10.1. The summed E-state index contributed by atoms with van der Waals surface area (Å²) in [5.41, 5.74) is 1.63. The number of hydrogen-bond acceptors (Lipinski definition) is 4. The summed E-state index contributed by atoms with van der Waals surface area (Å²) in [5, 5.41) is 2.83. The van der Waals surface area contributed by atoms with Crippen LogP contribution >= 0.6 is 0 Å². The van der Waals surface area contributed by atoms with Gasteiger partial charge in [-0.15, -0.1) is 0 Å². The van der Waals surface area contributed by atoms with Crippen molar-refractivity contribution in [3.8, 4) is 0 Å². The van der Waals surface area contributed by atoms with E-state index in [0.29, 0.717) is 11.1 Å². The highest BCUT2D eigenvalue weighted by Crippen LogP contribution is 2.20. The first-order valence-corrected chi connectivity index (χ1v) is 8.92. The smallest absolute Gasteiger partial charge is 0.251 e. The Kier molecular flexibility index (Phi) is 5.36. The zero-order valence-electron chi connectivity index (χ0n) is 14.1. The van der Waals surface area contributed by atoms with Gasteiger partial charge in [0.05, 0.1) is 16.6 Å². The highest BCUT2D eigenvalue weighted by Gasteiger charge is 2.22. The van der Waals surface area contributed by atoms with Crippen LogP contribution < -0.4 is 5.32 Å². The van der Waals surface area contributed by atoms with E-state index in [-0.39, 0.29) is 16.8 Å². The van der Waals surface area contributed by atoms with E-state index >= 15 is 0 Å². The second kappa shape index (κ2) is 7.11. The summed E-state index contributed by atoms with van der Waals surface area (Å²) in [6.45, 7) is 3.53. The van der Waals surface area contributed by atoms with Crippen LogP contribution in [0.2, 0.25) is 0 Å². The lowest BCUT2D eigenvalue weighted by Crippen LogP contribution is -2.28. The summed E-state index contributed by atoms with van der Waals surface area (Å²) < 4.78 is 25.8. The molecule has 0 aliphatic carbocycles. The van der Waals surface area contributed by atoms with Crippen molar-refractivity contribution >= 4 is 15.9 Å². The van der Waals surface area contributed by atoms with Crippen molar-refractivity contribution in [3.63, 3.8) is 0 Å². The predicted molar refractivity (Wildman–Crippen MR) is 92.2 cm³/mol. The average Bonchev–Trinajstić information content (AvgIpc) is 2.55. The minimum atomic E-state index is -3.60. The molecule has 1 N–H and O–H groups in total. The SMILES string of the molecule is Cc1ccc(C(=O)NC(C)c2ccccn2)cc1S(=O)(=O)N(C)C. The van der Waals surface area contributed by atoms with Crippen LogP contribution in [0.3, 0.4) is 0 Å². The maximum Gasteiger partial charge on any atom is 0.251 e. The van der Waals surface area contributed by atoms with Crippen LogP contribution in [-0.4, -0.2) is 37.7 Å². The molecule has 2 aromatic rings. The van der Waals surface area contributed by atoms with Crippen LogP contribution in [-0.2, 0) is 10.0 Å². The molecule has 1 atom stereocenters. The van der Waals surface area contributed by atoms with Crippen molar-refractivity contribution in [3.05, 3.63) is 59.4 Å². The third kappa shape index (κ3) is 3.80. The first-order valence-electron chi connectivity index (χ1n) is 7.48. The van der Waals surface area contributed by atoms with Gasteiger partial charge in [0.15, 0.2) is 0 Å². The topological polar surface area (TPSA) is 79.4 Å². The van der Waals surface area contributed by atoms with Crippen LogP contribution in [0, 0.1) is 6.92 Å². The number of rotatable bonds is 5. The Balaban J connectivity index is 2.28. The average molecular weight is 347 g/mol. The standard InChI is InChI=1S/C17H21N3O3S/c1-12-8-9-14(11-16(12)24(22,23)20(3)4)17(21)19-13(2)15-7-5-6-10-18-15/h5-11,13H,1-4H3,(H,19,21). The third-order valence-electron chi connectivity index (χ3n) is 3.69. The molecule has 0 saturated carbocycles. The van der Waals surface area contributed by atoms with Crippen molar-refractivity contribution < 1.29 is 13.2 Å². The lowest BCUT2D eigenvalue weighted by molar-refractivity contribution is 0.0939. The summed E-state index contributed by atoms with van der Waals surface area (Å²) in [6, 6.07) is 9.84. The van der Waals surface area contributed by atoms with Gasteiger partial charge < -0.3 is 5.32 Å². The van der Waals surface area contributed by atoms with Crippen LogP contribution in [0.25, 0.3) is 0 Å². The van der Waals surface area contributed by atoms with E-state index in [1.54, 1.807) is 31.3 Å². The molecule has 0 aliphatic heterocycles. The van der Waals surface area contributed by atoms with E-state index in [9.17, 15) is 13.2 Å². The molecular formula is C17H21N3O3S. The molecule has 0 bridgehead atoms. The molecule has 0 radical (unpaired) electrons. The monoisotopic (exact) mass is 347 g/mol. The number of pyridine rings is 1. The van der Waals surface area contributed by atoms with E-state index in [4.69, 9.17) is 0 Å². The highest BCUT2D eigenvalue weighted by atomic mass is 32.2. The molecular weight excluding hydrogens is 326 g/mol. The van der Waals surface area contributed by atoms with Gasteiger partial charge in [0.2, 0.25) is 10.0 Å². The molecule has 2 rings (SSSR count). The normalized spacial score (nSPS) is 12.9. The number of nitrogens with one attached hydrogen (secondary N) is 1. The number of carbonyl (C=O) groups is 1. The number of nitrogens with zero attached hydrogens (tertiary/aromatic N) is 2. The van der Waals surface area contributed by atoms with Gasteiger partial charge in [-0.3, -0.25) is 9.78 Å². The summed E-state index contributed by atoms with van der Waals surface area (Å²) in [5.74, 6) is -0.344. The van der Waals surface area contributed by atoms with Gasteiger partial charge in [0.25, 0.3) is 5.91 Å². The predicted octanol–water partition coefficient (Wildman–Crippen LogP) is 2.13. The lowest BCUT2D eigenvalue weighted by Gasteiger charge is -2.16. The van der Waals surface area contributed by atoms with Crippen molar-refractivity contribution in [2.75, 3.05) is 14.1 Å². The van der Waals surface area contributed by atoms with E-state index in [2.05, 4.69) is 10.3 Å². The Bertz CT molecular complexity index is 833. The van der Waals surface area contributed by atoms with Crippen molar-refractivity contribution in [1.82, 2.24) is 14.6 Å². The molecule has 0 spiro atoms. The van der Waals surface area contributed by atoms with Crippen molar-refractivity contribution in [1.29, 1.82) is 0 Å². The van der Waals surface area contributed by atoms with Gasteiger partial charge >= 0.3 is 0 Å². The number of hydrogen-bond donors (Lipinski definition) is 1. The van der Waals surface area contributed by atoms with E-state index in [1.165, 1.54) is 20.2 Å². The molecule has 7 heteroatoms. The molecule has 0 saturated heterocycles. The van der Waals surface area contributed by atoms with Gasteiger partial charge in [0.1, 0.15) is 0 Å². The highest BCUT2D eigenvalue weighted by molar-refractivity contribution is 7.89. The maximum atomic E-state index is 12.4. The first-order chi connectivity index (χ1) is 11.2. The summed E-state index contributed by atoms with van der Waals surface area (Å²) >= 11 is 0. The van der Waals surface area contributed by atoms with Gasteiger partial charge in [-0.05, 0) is 43.7 Å². The molecule has 6 nitrogen and oxygen atoms in total. The molecule has 1 aromatic heterocycles. The Morgan fingerprint density at radius 3 is 2.50 bits per heavy atom. The minimum Gasteiger partial charge on any atom is -0.344 e. The third-order valence-corrected chi connectivity index (χ3v) is 5.65. The first kappa shape index (κ1) is 18.1. The molecule has 0 aliphatic rings. The number of sulfonamides is 1. The Morgan fingerprint density at radius 2 is 1.92 bits per heavy atom. The van der Waals surface area contributed by atoms with Gasteiger partial charge in [-0.1, -0.05) is 12.1 Å². The zero-order valence-corrected chi connectivity index (χ0v) is 15.0. The van der Waals surface area contributed by atoms with Crippen molar-refractivity contribution in [2.24, 2.45) is 0 Å². The molecule has 1 unspecified atom stereocenters. The fourth-order valence-electron chi connectivity index (χ4n) is 2.20. The Labute approximate surface area is 142 Å². The number of aromatic nitrogens is 1. The Morgan fingerprint density at radius 1 is 1.21 bits per heavy atom. The van der Waals surface area contributed by atoms with Crippen LogP contribution in [0.4, 0.5) is 0 Å². The maximum absolute atomic E-state index is 12.4. The quantitative estimate of drug-likeness (QED) is 0.899. The molecule has 1 heterocycles. The zero-order chi connectivity index (χ0) is 17.9. The number of carbonyl (C=O) groups excluding carboxylic acids is 1. The van der Waals surface area contributed by atoms with Gasteiger partial charge in [-0.2, -0.15) is 0 Å². The minimum absolute atomic E-state index is 0.130. The van der Waals surface area contributed by atoms with E-state index in [1.807, 2.05) is 19.1 Å². The Hall–Kier alpha value is -2.25. The van der Waals surface area contributed by atoms with Gasteiger partial charge in [-0.25, -0.2) is 12.7 Å². The van der Waals surface area contributed by atoms with E-state index < -0.39 is 10.0 Å². The number of aryl methyl sites for hydroxylation is 1. The molecule has 1 amide bonds. The number of benzene rings is 1. The molecule has 128 valence electrons. The van der Waals surface area contributed by atoms with Gasteiger partial charge in [0, 0.05) is 25.9 Å². The molecule has 24 heavy (non-hydrogen) atoms. The van der Waals surface area contributed by atoms with Crippen LogP contribution in [0.15, 0.2) is 47.5 Å². The second-order valence-electron chi connectivity index (χ2n) is 5.72. The van der Waals surface area contributed by atoms with E-state index in [0.717, 1.165) is 10.00 Å². The van der Waals surface area contributed by atoms with Crippen molar-refractivity contribution in [2.45, 2.75) is 24.8 Å². The van der Waals surface area contributed by atoms with Crippen LogP contribution in [0.5, 0.6) is 0 Å². The molecule has 1 aromatic carbocycles. The summed E-state index contributed by atoms with van der Waals surface area (Å²) in [7, 11) is -0.677. The second-order valence-corrected chi connectivity index (χ2v) is 7.84. The van der Waals surface area contributed by atoms with Crippen LogP contribution in [0.1, 0.15) is 34.6 Å². The fourth-order valence-corrected chi connectivity index (χ4v) is 3.35. The fraction of sp³-hybridized carbons (Fsp3) is 0.294. The molecule has 0 fully saturated rings. The summed E-state index contributed by atoms with van der Waals surface area (Å²) in [4.78, 5) is 16.8. The summed E-state index contributed by atoms with van der Waals surface area (Å²) in [6.07, 6.45) is 1.66. The largest absolute Gasteiger partial charge is 0.344 e.